The first-order valence-corrected chi connectivity index (χ1v) is 11.9. The Morgan fingerprint density at radius 1 is 1.07 bits per heavy atom. The molecule has 0 radical (unpaired) electrons. The SMILES string of the molecule is CN1CC[C@]2(C(=O)NC3CCCCC3)CCCN(CCCc3ccccc3)[C@H]2C1. The molecule has 29 heavy (non-hydrogen) atoms. The van der Waals surface area contributed by atoms with E-state index < -0.39 is 0 Å². The Balaban J connectivity index is 1.42. The summed E-state index contributed by atoms with van der Waals surface area (Å²) >= 11 is 0. The standard InChI is InChI=1S/C25H39N3O/c1-27-19-16-25(24(29)26-22-13-6-3-7-14-22)15-9-18-28(23(25)20-27)17-8-12-21-10-4-2-5-11-21/h2,4-5,10-11,22-23H,3,6-9,12-20H2,1H3,(H,26,29)/t23-,25+/m0/s1. The molecule has 4 heteroatoms. The third-order valence-electron chi connectivity index (χ3n) is 7.72. The maximum absolute atomic E-state index is 13.6. The Bertz CT molecular complexity index is 657. The molecule has 0 aromatic heterocycles. The molecule has 3 fully saturated rings. The highest BCUT2D eigenvalue weighted by Gasteiger charge is 2.52. The van der Waals surface area contributed by atoms with E-state index in [1.807, 2.05) is 0 Å². The van der Waals surface area contributed by atoms with Crippen molar-refractivity contribution < 1.29 is 4.79 Å². The summed E-state index contributed by atoms with van der Waals surface area (Å²) in [5, 5.41) is 3.51. The van der Waals surface area contributed by atoms with E-state index in [1.165, 1.54) is 44.1 Å². The second-order valence-corrected chi connectivity index (χ2v) is 9.72. The van der Waals surface area contributed by atoms with Crippen molar-refractivity contribution >= 4 is 5.91 Å². The summed E-state index contributed by atoms with van der Waals surface area (Å²) in [5.74, 6) is 0.371. The zero-order valence-electron chi connectivity index (χ0n) is 18.2. The largest absolute Gasteiger partial charge is 0.353 e. The third kappa shape index (κ3) is 4.86. The molecule has 1 aliphatic carbocycles. The van der Waals surface area contributed by atoms with Crippen LogP contribution in [-0.2, 0) is 11.2 Å². The lowest BCUT2D eigenvalue weighted by atomic mass is 9.67. The number of benzene rings is 1. The molecule has 1 aromatic carbocycles. The fourth-order valence-electron chi connectivity index (χ4n) is 5.98. The molecular weight excluding hydrogens is 358 g/mol. The molecule has 1 saturated carbocycles. The average molecular weight is 398 g/mol. The lowest BCUT2D eigenvalue weighted by Crippen LogP contribution is -2.66. The van der Waals surface area contributed by atoms with Crippen LogP contribution < -0.4 is 5.32 Å². The van der Waals surface area contributed by atoms with Gasteiger partial charge in [-0.05, 0) is 77.2 Å². The first-order chi connectivity index (χ1) is 14.2. The summed E-state index contributed by atoms with van der Waals surface area (Å²) < 4.78 is 0. The van der Waals surface area contributed by atoms with Gasteiger partial charge in [0.15, 0.2) is 0 Å². The molecule has 3 aliphatic rings. The van der Waals surface area contributed by atoms with Crippen LogP contribution in [0.2, 0.25) is 0 Å². The summed E-state index contributed by atoms with van der Waals surface area (Å²) in [5.41, 5.74) is 1.25. The van der Waals surface area contributed by atoms with Gasteiger partial charge in [0.1, 0.15) is 0 Å². The number of amides is 1. The van der Waals surface area contributed by atoms with Gasteiger partial charge in [-0.1, -0.05) is 49.6 Å². The van der Waals surface area contributed by atoms with Crippen molar-refractivity contribution in [1.82, 2.24) is 15.1 Å². The first-order valence-electron chi connectivity index (χ1n) is 11.9. The normalized spacial score (nSPS) is 29.3. The predicted octanol–water partition coefficient (Wildman–Crippen LogP) is 3.85. The van der Waals surface area contributed by atoms with Crippen LogP contribution in [0.3, 0.4) is 0 Å². The molecule has 1 N–H and O–H groups in total. The van der Waals surface area contributed by atoms with Gasteiger partial charge in [-0.15, -0.1) is 0 Å². The number of fused-ring (bicyclic) bond motifs is 1. The van der Waals surface area contributed by atoms with Crippen molar-refractivity contribution in [3.8, 4) is 0 Å². The second-order valence-electron chi connectivity index (χ2n) is 9.72. The molecule has 1 amide bonds. The zero-order chi connectivity index (χ0) is 20.1. The van der Waals surface area contributed by atoms with Crippen molar-refractivity contribution in [1.29, 1.82) is 0 Å². The number of likely N-dealkylation sites (N-methyl/N-ethyl adjacent to an activating group) is 1. The minimum absolute atomic E-state index is 0.172. The molecule has 0 spiro atoms. The lowest BCUT2D eigenvalue weighted by Gasteiger charge is -2.54. The van der Waals surface area contributed by atoms with E-state index in [0.717, 1.165) is 51.9 Å². The number of aryl methyl sites for hydroxylation is 1. The van der Waals surface area contributed by atoms with Gasteiger partial charge in [-0.2, -0.15) is 0 Å². The summed E-state index contributed by atoms with van der Waals surface area (Å²) in [6.07, 6.45) is 11.8. The zero-order valence-corrected chi connectivity index (χ0v) is 18.2. The lowest BCUT2D eigenvalue weighted by molar-refractivity contribution is -0.145. The van der Waals surface area contributed by atoms with Crippen LogP contribution in [0.25, 0.3) is 0 Å². The Labute approximate surface area is 177 Å². The fourth-order valence-corrected chi connectivity index (χ4v) is 5.98. The third-order valence-corrected chi connectivity index (χ3v) is 7.72. The maximum atomic E-state index is 13.6. The van der Waals surface area contributed by atoms with Crippen LogP contribution in [0.15, 0.2) is 30.3 Å². The highest BCUT2D eigenvalue weighted by molar-refractivity contribution is 5.84. The quantitative estimate of drug-likeness (QED) is 0.792. The van der Waals surface area contributed by atoms with E-state index in [-0.39, 0.29) is 5.41 Å². The molecule has 2 heterocycles. The van der Waals surface area contributed by atoms with E-state index in [1.54, 1.807) is 0 Å². The van der Waals surface area contributed by atoms with E-state index in [2.05, 4.69) is 52.5 Å². The highest BCUT2D eigenvalue weighted by atomic mass is 16.2. The van der Waals surface area contributed by atoms with E-state index in [9.17, 15) is 4.79 Å². The van der Waals surface area contributed by atoms with Crippen molar-refractivity contribution in [2.24, 2.45) is 5.41 Å². The fraction of sp³-hybridized carbons (Fsp3) is 0.720. The van der Waals surface area contributed by atoms with Gasteiger partial charge in [-0.25, -0.2) is 0 Å². The Morgan fingerprint density at radius 3 is 2.66 bits per heavy atom. The Kier molecular flexibility index (Phi) is 6.92. The molecule has 2 aliphatic heterocycles. The predicted molar refractivity (Wildman–Crippen MR) is 119 cm³/mol. The average Bonchev–Trinajstić information content (AvgIpc) is 2.75. The summed E-state index contributed by atoms with van der Waals surface area (Å²) in [6.45, 7) is 4.33. The monoisotopic (exact) mass is 397 g/mol. The summed E-state index contributed by atoms with van der Waals surface area (Å²) in [4.78, 5) is 18.7. The Hall–Kier alpha value is -1.39. The Morgan fingerprint density at radius 2 is 1.86 bits per heavy atom. The van der Waals surface area contributed by atoms with Gasteiger partial charge in [0.2, 0.25) is 5.91 Å². The number of nitrogens with one attached hydrogen (secondary N) is 1. The van der Waals surface area contributed by atoms with E-state index in [0.29, 0.717) is 18.0 Å². The van der Waals surface area contributed by atoms with E-state index >= 15 is 0 Å². The molecule has 2 saturated heterocycles. The van der Waals surface area contributed by atoms with Crippen LogP contribution >= 0.6 is 0 Å². The van der Waals surface area contributed by atoms with Crippen molar-refractivity contribution in [3.05, 3.63) is 35.9 Å². The number of piperidine rings is 2. The number of nitrogens with zero attached hydrogens (tertiary/aromatic N) is 2. The smallest absolute Gasteiger partial charge is 0.228 e. The van der Waals surface area contributed by atoms with Crippen molar-refractivity contribution in [2.75, 3.05) is 33.2 Å². The highest BCUT2D eigenvalue weighted by Crippen LogP contribution is 2.43. The molecule has 160 valence electrons. The molecule has 2 atom stereocenters. The minimum atomic E-state index is -0.172. The molecule has 1 aromatic rings. The van der Waals surface area contributed by atoms with Gasteiger partial charge >= 0.3 is 0 Å². The van der Waals surface area contributed by atoms with Gasteiger partial charge in [0, 0.05) is 18.6 Å². The number of carbonyl (C=O) groups excluding carboxylic acids is 1. The first kappa shape index (κ1) is 20.9. The van der Waals surface area contributed by atoms with Crippen LogP contribution in [0, 0.1) is 5.41 Å². The summed E-state index contributed by atoms with van der Waals surface area (Å²) in [6, 6.07) is 11.6. The van der Waals surface area contributed by atoms with Gasteiger partial charge in [0.25, 0.3) is 0 Å². The second kappa shape index (κ2) is 9.61. The summed E-state index contributed by atoms with van der Waals surface area (Å²) in [7, 11) is 2.22. The van der Waals surface area contributed by atoms with Crippen molar-refractivity contribution in [3.63, 3.8) is 0 Å². The van der Waals surface area contributed by atoms with E-state index in [4.69, 9.17) is 0 Å². The number of carbonyl (C=O) groups is 1. The van der Waals surface area contributed by atoms with Crippen LogP contribution in [0.5, 0.6) is 0 Å². The molecule has 0 bridgehead atoms. The minimum Gasteiger partial charge on any atom is -0.353 e. The maximum Gasteiger partial charge on any atom is 0.228 e. The number of hydrogen-bond donors (Lipinski definition) is 1. The van der Waals surface area contributed by atoms with Crippen LogP contribution in [-0.4, -0.2) is 61.0 Å². The van der Waals surface area contributed by atoms with Crippen LogP contribution in [0.1, 0.15) is 63.4 Å². The number of rotatable bonds is 6. The topological polar surface area (TPSA) is 35.6 Å². The molecule has 4 nitrogen and oxygen atoms in total. The number of likely N-dealkylation sites (tertiary alicyclic amines) is 2. The molecule has 4 rings (SSSR count). The van der Waals surface area contributed by atoms with Crippen molar-refractivity contribution in [2.45, 2.75) is 76.3 Å². The molecular formula is C25H39N3O. The van der Waals surface area contributed by atoms with Gasteiger partial charge < -0.3 is 10.2 Å². The van der Waals surface area contributed by atoms with Crippen LogP contribution in [0.4, 0.5) is 0 Å². The van der Waals surface area contributed by atoms with Gasteiger partial charge in [-0.3, -0.25) is 9.69 Å². The molecule has 0 unspecified atom stereocenters. The van der Waals surface area contributed by atoms with Gasteiger partial charge in [0.05, 0.1) is 5.41 Å². The number of hydrogen-bond acceptors (Lipinski definition) is 3.